The Labute approximate surface area is 116 Å². The number of nitrogens with one attached hydrogen (secondary N) is 1. The molecule has 0 aromatic rings. The van der Waals surface area contributed by atoms with E-state index in [1.54, 1.807) is 11.2 Å². The minimum absolute atomic E-state index is 0.215. The van der Waals surface area contributed by atoms with E-state index in [2.05, 4.69) is 5.32 Å². The lowest BCUT2D eigenvalue weighted by Crippen LogP contribution is -2.46. The van der Waals surface area contributed by atoms with Crippen LogP contribution in [0.4, 0.5) is 0 Å². The molecule has 0 spiro atoms. The summed E-state index contributed by atoms with van der Waals surface area (Å²) in [6.45, 7) is 5.88. The molecule has 0 unspecified atom stereocenters. The van der Waals surface area contributed by atoms with Crippen molar-refractivity contribution in [2.75, 3.05) is 38.6 Å². The van der Waals surface area contributed by atoms with E-state index in [4.69, 9.17) is 4.74 Å². The van der Waals surface area contributed by atoms with Gasteiger partial charge in [-0.2, -0.15) is 0 Å². The lowest BCUT2D eigenvalue weighted by Gasteiger charge is -2.33. The molecule has 2 aliphatic rings. The number of piperidine rings is 1. The molecule has 0 saturated carbocycles. The number of hydrogen-bond donors (Lipinski definition) is 1. The van der Waals surface area contributed by atoms with Gasteiger partial charge >= 0.3 is 0 Å². The van der Waals surface area contributed by atoms with Crippen molar-refractivity contribution in [2.45, 2.75) is 38.6 Å². The summed E-state index contributed by atoms with van der Waals surface area (Å²) >= 11 is 0. The number of rotatable bonds is 5. The van der Waals surface area contributed by atoms with Gasteiger partial charge in [0.2, 0.25) is 10.0 Å². The van der Waals surface area contributed by atoms with Gasteiger partial charge in [-0.15, -0.1) is 0 Å². The van der Waals surface area contributed by atoms with Crippen LogP contribution in [-0.4, -0.2) is 57.4 Å². The molecular formula is C13H26N2O3S. The molecule has 2 fully saturated rings. The van der Waals surface area contributed by atoms with Crippen LogP contribution in [-0.2, 0) is 14.8 Å². The third-order valence-electron chi connectivity index (χ3n) is 4.25. The van der Waals surface area contributed by atoms with E-state index in [0.717, 1.165) is 51.4 Å². The summed E-state index contributed by atoms with van der Waals surface area (Å²) in [6, 6.07) is 0.478. The first-order chi connectivity index (χ1) is 9.12. The van der Waals surface area contributed by atoms with Crippen molar-refractivity contribution in [2.24, 2.45) is 5.92 Å². The van der Waals surface area contributed by atoms with Gasteiger partial charge in [0.15, 0.2) is 0 Å². The highest BCUT2D eigenvalue weighted by molar-refractivity contribution is 7.89. The molecule has 6 heteroatoms. The average Bonchev–Trinajstić information content (AvgIpc) is 2.47. The maximum atomic E-state index is 11.8. The van der Waals surface area contributed by atoms with Gasteiger partial charge in [-0.1, -0.05) is 0 Å². The highest BCUT2D eigenvalue weighted by atomic mass is 32.2. The Bertz CT molecular complexity index is 358. The Kier molecular flexibility index (Phi) is 5.62. The Morgan fingerprint density at radius 1 is 1.16 bits per heavy atom. The van der Waals surface area contributed by atoms with Crippen molar-refractivity contribution in [1.29, 1.82) is 0 Å². The van der Waals surface area contributed by atoms with Gasteiger partial charge in [0.05, 0.1) is 5.75 Å². The van der Waals surface area contributed by atoms with Gasteiger partial charge in [-0.05, 0) is 45.1 Å². The first kappa shape index (κ1) is 15.2. The van der Waals surface area contributed by atoms with Crippen LogP contribution in [0.25, 0.3) is 0 Å². The molecule has 0 aliphatic carbocycles. The topological polar surface area (TPSA) is 58.6 Å². The summed E-state index contributed by atoms with van der Waals surface area (Å²) in [5.41, 5.74) is 0. The van der Waals surface area contributed by atoms with E-state index in [0.29, 0.717) is 19.1 Å². The molecule has 1 N–H and O–H groups in total. The van der Waals surface area contributed by atoms with Gasteiger partial charge in [-0.3, -0.25) is 0 Å². The Balaban J connectivity index is 1.68. The van der Waals surface area contributed by atoms with Crippen molar-refractivity contribution in [1.82, 2.24) is 9.62 Å². The molecule has 5 nitrogen and oxygen atoms in total. The summed E-state index contributed by atoms with van der Waals surface area (Å²) in [7, 11) is -2.99. The van der Waals surface area contributed by atoms with Crippen LogP contribution in [0, 0.1) is 5.92 Å². The van der Waals surface area contributed by atoms with E-state index in [9.17, 15) is 8.42 Å². The van der Waals surface area contributed by atoms with Crippen LogP contribution < -0.4 is 5.32 Å². The monoisotopic (exact) mass is 290 g/mol. The molecule has 0 atom stereocenters. The van der Waals surface area contributed by atoms with Gasteiger partial charge in [0.1, 0.15) is 0 Å². The minimum atomic E-state index is -2.99. The number of hydrogen-bond acceptors (Lipinski definition) is 4. The lowest BCUT2D eigenvalue weighted by atomic mass is 9.99. The maximum absolute atomic E-state index is 11.8. The SMILES string of the molecule is CCS(=O)(=O)N1CCC(NCC2CCOCC2)CC1. The largest absolute Gasteiger partial charge is 0.381 e. The highest BCUT2D eigenvalue weighted by Crippen LogP contribution is 2.17. The number of ether oxygens (including phenoxy) is 1. The second-order valence-electron chi connectivity index (χ2n) is 5.54. The number of nitrogens with zero attached hydrogens (tertiary/aromatic N) is 1. The van der Waals surface area contributed by atoms with Crippen LogP contribution in [0.1, 0.15) is 32.6 Å². The van der Waals surface area contributed by atoms with Crippen LogP contribution in [0.5, 0.6) is 0 Å². The van der Waals surface area contributed by atoms with Crippen molar-refractivity contribution in [3.63, 3.8) is 0 Å². The van der Waals surface area contributed by atoms with Gasteiger partial charge in [0, 0.05) is 32.3 Å². The highest BCUT2D eigenvalue weighted by Gasteiger charge is 2.26. The molecule has 2 heterocycles. The predicted octanol–water partition coefficient (Wildman–Crippen LogP) is 0.817. The average molecular weight is 290 g/mol. The van der Waals surface area contributed by atoms with Crippen LogP contribution in [0.3, 0.4) is 0 Å². The molecular weight excluding hydrogens is 264 g/mol. The fraction of sp³-hybridized carbons (Fsp3) is 1.00. The summed E-state index contributed by atoms with van der Waals surface area (Å²) in [4.78, 5) is 0. The maximum Gasteiger partial charge on any atom is 0.213 e. The second-order valence-corrected chi connectivity index (χ2v) is 7.80. The molecule has 0 radical (unpaired) electrons. The standard InChI is InChI=1S/C13H26N2O3S/c1-2-19(16,17)15-7-3-13(4-8-15)14-11-12-5-9-18-10-6-12/h12-14H,2-11H2,1H3. The van der Waals surface area contributed by atoms with E-state index in [1.165, 1.54) is 0 Å². The summed E-state index contributed by atoms with van der Waals surface area (Å²) in [6.07, 6.45) is 4.16. The van der Waals surface area contributed by atoms with Crippen molar-refractivity contribution in [3.8, 4) is 0 Å². The predicted molar refractivity (Wildman–Crippen MR) is 75.6 cm³/mol. The fourth-order valence-electron chi connectivity index (χ4n) is 2.80. The summed E-state index contributed by atoms with van der Waals surface area (Å²) in [5.74, 6) is 0.943. The molecule has 19 heavy (non-hydrogen) atoms. The number of sulfonamides is 1. The van der Waals surface area contributed by atoms with Crippen LogP contribution in [0.15, 0.2) is 0 Å². The van der Waals surface area contributed by atoms with E-state index < -0.39 is 10.0 Å². The Morgan fingerprint density at radius 2 is 1.79 bits per heavy atom. The smallest absolute Gasteiger partial charge is 0.213 e. The van der Waals surface area contributed by atoms with Crippen LogP contribution >= 0.6 is 0 Å². The fourth-order valence-corrected chi connectivity index (χ4v) is 3.94. The van der Waals surface area contributed by atoms with Crippen LogP contribution in [0.2, 0.25) is 0 Å². The van der Waals surface area contributed by atoms with Crippen molar-refractivity contribution in [3.05, 3.63) is 0 Å². The minimum Gasteiger partial charge on any atom is -0.381 e. The Morgan fingerprint density at radius 3 is 2.37 bits per heavy atom. The van der Waals surface area contributed by atoms with Crippen molar-refractivity contribution < 1.29 is 13.2 Å². The molecule has 0 bridgehead atoms. The molecule has 2 saturated heterocycles. The van der Waals surface area contributed by atoms with Crippen molar-refractivity contribution >= 4 is 10.0 Å². The van der Waals surface area contributed by atoms with E-state index in [1.807, 2.05) is 0 Å². The quantitative estimate of drug-likeness (QED) is 0.814. The lowest BCUT2D eigenvalue weighted by molar-refractivity contribution is 0.0648. The van der Waals surface area contributed by atoms with Gasteiger partial charge in [-0.25, -0.2) is 12.7 Å². The molecule has 2 rings (SSSR count). The Hall–Kier alpha value is -0.170. The first-order valence-corrected chi connectivity index (χ1v) is 9.01. The summed E-state index contributed by atoms with van der Waals surface area (Å²) < 4.78 is 30.5. The first-order valence-electron chi connectivity index (χ1n) is 7.40. The molecule has 0 aromatic heterocycles. The molecule has 112 valence electrons. The zero-order valence-electron chi connectivity index (χ0n) is 11.8. The van der Waals surface area contributed by atoms with Gasteiger partial charge < -0.3 is 10.1 Å². The van der Waals surface area contributed by atoms with E-state index in [-0.39, 0.29) is 5.75 Å². The molecule has 2 aliphatic heterocycles. The zero-order chi connectivity index (χ0) is 13.7. The molecule has 0 aromatic carbocycles. The second kappa shape index (κ2) is 7.02. The van der Waals surface area contributed by atoms with E-state index >= 15 is 0 Å². The zero-order valence-corrected chi connectivity index (χ0v) is 12.6. The van der Waals surface area contributed by atoms with Gasteiger partial charge in [0.25, 0.3) is 0 Å². The normalized spacial score (nSPS) is 24.7. The summed E-state index contributed by atoms with van der Waals surface area (Å²) in [5, 5.41) is 3.60. The third-order valence-corrected chi connectivity index (χ3v) is 6.13. The molecule has 0 amide bonds. The third kappa shape index (κ3) is 4.41.